The summed E-state index contributed by atoms with van der Waals surface area (Å²) in [6.07, 6.45) is 1.13. The Hall–Kier alpha value is -2.08. The Labute approximate surface area is 117 Å². The molecule has 1 aliphatic rings. The van der Waals surface area contributed by atoms with Crippen LogP contribution < -0.4 is 16.0 Å². The Kier molecular flexibility index (Phi) is 4.95. The van der Waals surface area contributed by atoms with Crippen molar-refractivity contribution in [2.45, 2.75) is 18.9 Å². The molecule has 1 aromatic carbocycles. The molecule has 0 bridgehead atoms. The predicted octanol–water partition coefficient (Wildman–Crippen LogP) is 0.885. The highest BCUT2D eigenvalue weighted by atomic mass is 16.5. The van der Waals surface area contributed by atoms with Crippen LogP contribution >= 0.6 is 0 Å². The highest BCUT2D eigenvalue weighted by Crippen LogP contribution is 2.11. The first kappa shape index (κ1) is 14.3. The molecule has 1 aromatic rings. The van der Waals surface area contributed by atoms with Gasteiger partial charge in [0.15, 0.2) is 0 Å². The van der Waals surface area contributed by atoms with E-state index in [0.717, 1.165) is 12.0 Å². The molecule has 2 rings (SSSR count). The van der Waals surface area contributed by atoms with Gasteiger partial charge >= 0.3 is 6.03 Å². The molecule has 3 amide bonds. The molecule has 1 atom stereocenters. The smallest absolute Gasteiger partial charge is 0.319 e. The molecular weight excluding hydrogens is 258 g/mol. The van der Waals surface area contributed by atoms with Crippen molar-refractivity contribution < 1.29 is 14.3 Å². The van der Waals surface area contributed by atoms with Gasteiger partial charge in [-0.1, -0.05) is 12.1 Å². The van der Waals surface area contributed by atoms with Crippen LogP contribution in [0.5, 0.6) is 0 Å². The second-order valence-electron chi connectivity index (χ2n) is 4.71. The van der Waals surface area contributed by atoms with Crippen LogP contribution in [-0.2, 0) is 16.0 Å². The third-order valence-corrected chi connectivity index (χ3v) is 3.09. The van der Waals surface area contributed by atoms with Crippen molar-refractivity contribution >= 4 is 17.6 Å². The van der Waals surface area contributed by atoms with Crippen LogP contribution in [0.1, 0.15) is 12.0 Å². The zero-order chi connectivity index (χ0) is 14.4. The highest BCUT2D eigenvalue weighted by molar-refractivity contribution is 5.89. The van der Waals surface area contributed by atoms with Crippen LogP contribution in [0.4, 0.5) is 10.5 Å². The van der Waals surface area contributed by atoms with Gasteiger partial charge in [-0.15, -0.1) is 0 Å². The molecule has 108 valence electrons. The van der Waals surface area contributed by atoms with E-state index >= 15 is 0 Å². The maximum atomic E-state index is 11.8. The normalized spacial score (nSPS) is 17.6. The number of urea groups is 1. The van der Waals surface area contributed by atoms with Crippen LogP contribution in [0, 0.1) is 0 Å². The van der Waals surface area contributed by atoms with E-state index in [9.17, 15) is 9.59 Å². The lowest BCUT2D eigenvalue weighted by molar-refractivity contribution is -0.119. The first-order valence-electron chi connectivity index (χ1n) is 6.62. The number of ether oxygens (including phenoxy) is 1. The van der Waals surface area contributed by atoms with Gasteiger partial charge in [-0.2, -0.15) is 0 Å². The summed E-state index contributed by atoms with van der Waals surface area (Å²) in [6.45, 7) is 1.25. The number of hydrogen-bond acceptors (Lipinski definition) is 3. The van der Waals surface area contributed by atoms with E-state index in [4.69, 9.17) is 4.74 Å². The number of benzene rings is 1. The summed E-state index contributed by atoms with van der Waals surface area (Å²) in [7, 11) is 1.60. The standard InChI is InChI=1S/C14H19N3O3/c1-15-13(18)8-10-3-2-4-11(7-10)16-14(19)17-12-5-6-20-9-12/h2-4,7,12H,5-6,8-9H2,1H3,(H,15,18)(H2,16,17,19)/t12-/m0/s1. The minimum Gasteiger partial charge on any atom is -0.379 e. The van der Waals surface area contributed by atoms with E-state index in [1.807, 2.05) is 12.1 Å². The van der Waals surface area contributed by atoms with E-state index in [1.165, 1.54) is 0 Å². The fourth-order valence-electron chi connectivity index (χ4n) is 2.03. The van der Waals surface area contributed by atoms with Crippen molar-refractivity contribution in [3.05, 3.63) is 29.8 Å². The van der Waals surface area contributed by atoms with E-state index in [-0.39, 0.29) is 18.0 Å². The second kappa shape index (κ2) is 6.91. The number of nitrogens with one attached hydrogen (secondary N) is 3. The predicted molar refractivity (Wildman–Crippen MR) is 75.6 cm³/mol. The Morgan fingerprint density at radius 2 is 2.25 bits per heavy atom. The lowest BCUT2D eigenvalue weighted by Crippen LogP contribution is -2.38. The molecule has 1 saturated heterocycles. The number of likely N-dealkylation sites (N-methyl/N-ethyl adjacent to an activating group) is 1. The summed E-state index contributed by atoms with van der Waals surface area (Å²) >= 11 is 0. The van der Waals surface area contributed by atoms with Gasteiger partial charge < -0.3 is 20.7 Å². The Balaban J connectivity index is 1.89. The third-order valence-electron chi connectivity index (χ3n) is 3.09. The van der Waals surface area contributed by atoms with Crippen LogP contribution in [0.15, 0.2) is 24.3 Å². The van der Waals surface area contributed by atoms with Gasteiger partial charge in [0, 0.05) is 19.3 Å². The van der Waals surface area contributed by atoms with Gasteiger partial charge in [0.25, 0.3) is 0 Å². The highest BCUT2D eigenvalue weighted by Gasteiger charge is 2.17. The van der Waals surface area contributed by atoms with E-state index < -0.39 is 0 Å². The van der Waals surface area contributed by atoms with Gasteiger partial charge in [-0.3, -0.25) is 4.79 Å². The average molecular weight is 277 g/mol. The summed E-state index contributed by atoms with van der Waals surface area (Å²) in [5.41, 5.74) is 1.52. The van der Waals surface area contributed by atoms with Crippen molar-refractivity contribution in [2.75, 3.05) is 25.6 Å². The van der Waals surface area contributed by atoms with Crippen molar-refractivity contribution in [1.29, 1.82) is 0 Å². The first-order chi connectivity index (χ1) is 9.67. The summed E-state index contributed by atoms with van der Waals surface area (Å²) in [4.78, 5) is 23.1. The second-order valence-corrected chi connectivity index (χ2v) is 4.71. The van der Waals surface area contributed by atoms with Gasteiger partial charge in [-0.25, -0.2) is 4.79 Å². The molecule has 6 nitrogen and oxygen atoms in total. The van der Waals surface area contributed by atoms with Gasteiger partial charge in [0.1, 0.15) is 0 Å². The fraction of sp³-hybridized carbons (Fsp3) is 0.429. The quantitative estimate of drug-likeness (QED) is 0.764. The molecule has 0 unspecified atom stereocenters. The number of hydrogen-bond donors (Lipinski definition) is 3. The SMILES string of the molecule is CNC(=O)Cc1cccc(NC(=O)N[C@H]2CCOC2)c1. The molecule has 3 N–H and O–H groups in total. The van der Waals surface area contributed by atoms with Crippen molar-refractivity contribution in [2.24, 2.45) is 0 Å². The lowest BCUT2D eigenvalue weighted by Gasteiger charge is -2.12. The molecule has 1 heterocycles. The van der Waals surface area contributed by atoms with E-state index in [0.29, 0.717) is 25.3 Å². The van der Waals surface area contributed by atoms with Crippen LogP contribution in [-0.4, -0.2) is 38.2 Å². The zero-order valence-electron chi connectivity index (χ0n) is 11.4. The van der Waals surface area contributed by atoms with Crippen molar-refractivity contribution in [3.8, 4) is 0 Å². The van der Waals surface area contributed by atoms with Crippen LogP contribution in [0.25, 0.3) is 0 Å². The molecule has 0 radical (unpaired) electrons. The fourth-order valence-corrected chi connectivity index (χ4v) is 2.03. The Bertz CT molecular complexity index is 484. The van der Waals surface area contributed by atoms with E-state index in [2.05, 4.69) is 16.0 Å². The minimum atomic E-state index is -0.252. The summed E-state index contributed by atoms with van der Waals surface area (Å²) in [6, 6.07) is 7.06. The number of amides is 3. The molecule has 0 aliphatic carbocycles. The number of carbonyl (C=O) groups excluding carboxylic acids is 2. The molecule has 6 heteroatoms. The van der Waals surface area contributed by atoms with Crippen molar-refractivity contribution in [1.82, 2.24) is 10.6 Å². The topological polar surface area (TPSA) is 79.5 Å². The first-order valence-corrected chi connectivity index (χ1v) is 6.62. The monoisotopic (exact) mass is 277 g/mol. The molecule has 1 aliphatic heterocycles. The number of rotatable bonds is 4. The van der Waals surface area contributed by atoms with Gasteiger partial charge in [-0.05, 0) is 24.1 Å². The molecule has 0 saturated carbocycles. The lowest BCUT2D eigenvalue weighted by atomic mass is 10.1. The Morgan fingerprint density at radius 1 is 1.40 bits per heavy atom. The maximum absolute atomic E-state index is 11.8. The molecular formula is C14H19N3O3. The number of anilines is 1. The Morgan fingerprint density at radius 3 is 2.95 bits per heavy atom. The summed E-state index contributed by atoms with van der Waals surface area (Å²) in [5.74, 6) is -0.0605. The maximum Gasteiger partial charge on any atom is 0.319 e. The molecule has 20 heavy (non-hydrogen) atoms. The third kappa shape index (κ3) is 4.24. The summed E-state index contributed by atoms with van der Waals surface area (Å²) < 4.78 is 5.20. The van der Waals surface area contributed by atoms with Gasteiger partial charge in [0.05, 0.1) is 19.1 Å². The van der Waals surface area contributed by atoms with Crippen LogP contribution in [0.3, 0.4) is 0 Å². The molecule has 1 fully saturated rings. The van der Waals surface area contributed by atoms with Crippen LogP contribution in [0.2, 0.25) is 0 Å². The largest absolute Gasteiger partial charge is 0.379 e. The minimum absolute atomic E-state index is 0.0605. The zero-order valence-corrected chi connectivity index (χ0v) is 11.4. The van der Waals surface area contributed by atoms with Crippen molar-refractivity contribution in [3.63, 3.8) is 0 Å². The summed E-state index contributed by atoms with van der Waals surface area (Å²) in [5, 5.41) is 8.18. The van der Waals surface area contributed by atoms with E-state index in [1.54, 1.807) is 19.2 Å². The average Bonchev–Trinajstić information content (AvgIpc) is 2.91. The number of carbonyl (C=O) groups is 2. The molecule has 0 spiro atoms. The van der Waals surface area contributed by atoms with Gasteiger partial charge in [0.2, 0.25) is 5.91 Å². The molecule has 0 aromatic heterocycles.